The number of hydrazone groups is 1. The van der Waals surface area contributed by atoms with Crippen LogP contribution in [-0.4, -0.2) is 16.7 Å². The Morgan fingerprint density at radius 3 is 2.57 bits per heavy atom. The highest BCUT2D eigenvalue weighted by Gasteiger charge is 2.19. The van der Waals surface area contributed by atoms with Crippen LogP contribution in [0.4, 0.5) is 8.78 Å². The lowest BCUT2D eigenvalue weighted by atomic mass is 9.98. The number of unbranched alkanes of at least 4 members (excludes halogenated alkanes) is 1. The van der Waals surface area contributed by atoms with E-state index in [0.29, 0.717) is 5.71 Å². The van der Waals surface area contributed by atoms with E-state index in [0.717, 1.165) is 41.8 Å². The molecule has 120 valence electrons. The molecule has 1 heterocycles. The lowest BCUT2D eigenvalue weighted by molar-refractivity contribution is 0.484. The van der Waals surface area contributed by atoms with Crippen LogP contribution in [0.3, 0.4) is 0 Å². The number of halogens is 2. The highest BCUT2D eigenvalue weighted by atomic mass is 32.2. The zero-order valence-corrected chi connectivity index (χ0v) is 13.7. The maximum absolute atomic E-state index is 13.7. The summed E-state index contributed by atoms with van der Waals surface area (Å²) >= 11 is 1.62. The van der Waals surface area contributed by atoms with Gasteiger partial charge in [-0.2, -0.15) is 5.10 Å². The molecule has 0 unspecified atom stereocenters. The Labute approximate surface area is 139 Å². The first kappa shape index (κ1) is 16.0. The Balaban J connectivity index is 2.06. The van der Waals surface area contributed by atoms with Crippen molar-refractivity contribution in [1.82, 2.24) is 4.41 Å². The summed E-state index contributed by atoms with van der Waals surface area (Å²) in [5, 5.41) is 4.72. The molecular weight excluding hydrogens is 314 g/mol. The summed E-state index contributed by atoms with van der Waals surface area (Å²) in [4.78, 5) is 0. The van der Waals surface area contributed by atoms with Gasteiger partial charge in [-0.3, -0.25) is 0 Å². The van der Waals surface area contributed by atoms with Gasteiger partial charge in [-0.1, -0.05) is 19.4 Å². The van der Waals surface area contributed by atoms with Gasteiger partial charge in [0.1, 0.15) is 11.6 Å². The molecule has 0 saturated carbocycles. The molecule has 2 aromatic rings. The summed E-state index contributed by atoms with van der Waals surface area (Å²) in [7, 11) is 0. The molecule has 23 heavy (non-hydrogen) atoms. The summed E-state index contributed by atoms with van der Waals surface area (Å²) in [6.07, 6.45) is 2.12. The highest BCUT2D eigenvalue weighted by molar-refractivity contribution is 7.96. The van der Waals surface area contributed by atoms with E-state index in [1.54, 1.807) is 30.1 Å². The number of hydrogen-bond donors (Lipinski definition) is 0. The van der Waals surface area contributed by atoms with Crippen molar-refractivity contribution < 1.29 is 8.78 Å². The SMILES string of the molecule is CCCCN1N=C(c2ccc(F)cc2)c2cc(F)ccc2CS1. The Hall–Kier alpha value is -1.88. The number of fused-ring (bicyclic) bond motifs is 1. The van der Waals surface area contributed by atoms with Crippen molar-refractivity contribution in [3.8, 4) is 0 Å². The summed E-state index contributed by atoms with van der Waals surface area (Å²) in [5.74, 6) is 0.165. The van der Waals surface area contributed by atoms with E-state index in [1.165, 1.54) is 24.3 Å². The number of benzene rings is 2. The summed E-state index contributed by atoms with van der Waals surface area (Å²) in [5.41, 5.74) is 3.31. The Morgan fingerprint density at radius 1 is 1.09 bits per heavy atom. The summed E-state index contributed by atoms with van der Waals surface area (Å²) in [6.45, 7) is 2.97. The van der Waals surface area contributed by atoms with Gasteiger partial charge in [0.25, 0.3) is 0 Å². The van der Waals surface area contributed by atoms with Gasteiger partial charge in [0.15, 0.2) is 0 Å². The summed E-state index contributed by atoms with van der Waals surface area (Å²) < 4.78 is 28.9. The van der Waals surface area contributed by atoms with Crippen molar-refractivity contribution in [3.05, 3.63) is 70.8 Å². The molecule has 0 aromatic heterocycles. The van der Waals surface area contributed by atoms with Gasteiger partial charge in [0.2, 0.25) is 0 Å². The molecule has 3 rings (SSSR count). The van der Waals surface area contributed by atoms with Crippen LogP contribution in [0, 0.1) is 11.6 Å². The Morgan fingerprint density at radius 2 is 1.83 bits per heavy atom. The molecule has 0 fully saturated rings. The number of hydrogen-bond acceptors (Lipinski definition) is 3. The quantitative estimate of drug-likeness (QED) is 0.734. The molecule has 0 saturated heterocycles. The van der Waals surface area contributed by atoms with Crippen LogP contribution in [0.2, 0.25) is 0 Å². The van der Waals surface area contributed by atoms with E-state index in [9.17, 15) is 8.78 Å². The molecule has 2 aromatic carbocycles. The molecule has 1 aliphatic rings. The first-order valence-corrected chi connectivity index (χ1v) is 8.65. The predicted octanol–water partition coefficient (Wildman–Crippen LogP) is 4.98. The van der Waals surface area contributed by atoms with E-state index >= 15 is 0 Å². The molecule has 0 atom stereocenters. The van der Waals surface area contributed by atoms with Gasteiger partial charge in [-0.05, 0) is 60.3 Å². The largest absolute Gasteiger partial charge is 0.238 e. The van der Waals surface area contributed by atoms with Crippen molar-refractivity contribution in [3.63, 3.8) is 0 Å². The smallest absolute Gasteiger partial charge is 0.123 e. The zero-order valence-electron chi connectivity index (χ0n) is 12.9. The van der Waals surface area contributed by atoms with E-state index < -0.39 is 0 Å². The monoisotopic (exact) mass is 332 g/mol. The summed E-state index contributed by atoms with van der Waals surface area (Å²) in [6, 6.07) is 11.0. The third-order valence-electron chi connectivity index (χ3n) is 3.73. The van der Waals surface area contributed by atoms with Crippen LogP contribution in [0.25, 0.3) is 0 Å². The predicted molar refractivity (Wildman–Crippen MR) is 91.3 cm³/mol. The average Bonchev–Trinajstić information content (AvgIpc) is 2.73. The van der Waals surface area contributed by atoms with Gasteiger partial charge >= 0.3 is 0 Å². The normalized spacial score (nSPS) is 14.2. The van der Waals surface area contributed by atoms with E-state index in [2.05, 4.69) is 6.92 Å². The van der Waals surface area contributed by atoms with Crippen LogP contribution in [-0.2, 0) is 5.75 Å². The molecule has 0 amide bonds. The molecule has 2 nitrogen and oxygen atoms in total. The second-order valence-electron chi connectivity index (χ2n) is 5.46. The molecule has 0 N–H and O–H groups in total. The first-order valence-electron chi connectivity index (χ1n) is 7.71. The molecule has 0 radical (unpaired) electrons. The lowest BCUT2D eigenvalue weighted by Crippen LogP contribution is -2.13. The molecule has 1 aliphatic heterocycles. The van der Waals surface area contributed by atoms with Crippen molar-refractivity contribution in [2.24, 2.45) is 5.10 Å². The first-order chi connectivity index (χ1) is 11.2. The average molecular weight is 332 g/mol. The third kappa shape index (κ3) is 3.72. The van der Waals surface area contributed by atoms with Crippen LogP contribution >= 0.6 is 11.9 Å². The van der Waals surface area contributed by atoms with Crippen molar-refractivity contribution in [2.75, 3.05) is 6.54 Å². The van der Waals surface area contributed by atoms with E-state index in [-0.39, 0.29) is 11.6 Å². The van der Waals surface area contributed by atoms with E-state index in [1.807, 2.05) is 4.41 Å². The molecule has 5 heteroatoms. The van der Waals surface area contributed by atoms with E-state index in [4.69, 9.17) is 5.10 Å². The fourth-order valence-corrected chi connectivity index (χ4v) is 3.40. The topological polar surface area (TPSA) is 15.6 Å². The maximum atomic E-state index is 13.7. The van der Waals surface area contributed by atoms with Crippen molar-refractivity contribution >= 4 is 17.7 Å². The molecule has 0 aliphatic carbocycles. The third-order valence-corrected chi connectivity index (χ3v) is 4.73. The van der Waals surface area contributed by atoms with Crippen LogP contribution < -0.4 is 0 Å². The minimum atomic E-state index is -0.292. The van der Waals surface area contributed by atoms with Crippen molar-refractivity contribution in [2.45, 2.75) is 25.5 Å². The molecule has 0 spiro atoms. The van der Waals surface area contributed by atoms with Crippen molar-refractivity contribution in [1.29, 1.82) is 0 Å². The zero-order chi connectivity index (χ0) is 16.2. The Kier molecular flexibility index (Phi) is 4.96. The van der Waals surface area contributed by atoms with Gasteiger partial charge in [0, 0.05) is 23.4 Å². The fourth-order valence-electron chi connectivity index (χ4n) is 2.46. The second-order valence-corrected chi connectivity index (χ2v) is 6.43. The highest BCUT2D eigenvalue weighted by Crippen LogP contribution is 2.28. The van der Waals surface area contributed by atoms with Crippen LogP contribution in [0.1, 0.15) is 36.5 Å². The number of nitrogens with zero attached hydrogens (tertiary/aromatic N) is 2. The van der Waals surface area contributed by atoms with Gasteiger partial charge < -0.3 is 0 Å². The minimum Gasteiger partial charge on any atom is -0.238 e. The van der Waals surface area contributed by atoms with Gasteiger partial charge in [-0.25, -0.2) is 13.2 Å². The fraction of sp³-hybridized carbons (Fsp3) is 0.278. The second kappa shape index (κ2) is 7.13. The lowest BCUT2D eigenvalue weighted by Gasteiger charge is -2.16. The maximum Gasteiger partial charge on any atom is 0.123 e. The van der Waals surface area contributed by atoms with Crippen LogP contribution in [0.5, 0.6) is 0 Å². The number of rotatable bonds is 4. The minimum absolute atomic E-state index is 0.287. The molecule has 0 bridgehead atoms. The van der Waals surface area contributed by atoms with Gasteiger partial charge in [0.05, 0.1) is 5.71 Å². The molecular formula is C18H18F2N2S. The van der Waals surface area contributed by atoms with Crippen LogP contribution in [0.15, 0.2) is 47.6 Å². The Bertz CT molecular complexity index is 713. The van der Waals surface area contributed by atoms with Gasteiger partial charge in [-0.15, -0.1) is 0 Å². The standard InChI is InChI=1S/C18H18F2N2S/c1-2-3-10-22-21-18(13-4-7-15(19)8-5-13)17-11-16(20)9-6-14(17)12-23-22/h4-9,11H,2-3,10,12H2,1H3.